The molecule has 29 heavy (non-hydrogen) atoms. The van der Waals surface area contributed by atoms with Gasteiger partial charge in [0.25, 0.3) is 0 Å². The van der Waals surface area contributed by atoms with Gasteiger partial charge >= 0.3 is 6.02 Å². The van der Waals surface area contributed by atoms with Crippen molar-refractivity contribution in [3.05, 3.63) is 60.2 Å². The van der Waals surface area contributed by atoms with Crippen molar-refractivity contribution in [3.8, 4) is 11.9 Å². The molecule has 0 amide bonds. The molecule has 8 heteroatoms. The number of hydrogen-bond acceptors (Lipinski definition) is 5. The molecule has 3 rings (SSSR count). The van der Waals surface area contributed by atoms with Crippen molar-refractivity contribution in [2.45, 2.75) is 25.6 Å². The standard InChI is InChI=1S/C21H21F2N3O3/c22-18-10-9-16(14-19(18)23)26(11-13-28-20-8-4-5-12-27-20)21(25-15-24)29-17-6-2-1-3-7-17/h1-3,6-7,9-10,14,20H,4-5,8,11-13H2. The molecule has 0 aromatic heterocycles. The summed E-state index contributed by atoms with van der Waals surface area (Å²) in [6, 6.07) is 12.1. The summed E-state index contributed by atoms with van der Waals surface area (Å²) in [6.45, 7) is 1.06. The van der Waals surface area contributed by atoms with Gasteiger partial charge in [-0.05, 0) is 43.5 Å². The first-order valence-corrected chi connectivity index (χ1v) is 9.33. The molecule has 1 unspecified atom stereocenters. The number of hydrogen-bond donors (Lipinski definition) is 0. The molecule has 1 atom stereocenters. The molecule has 1 saturated heterocycles. The van der Waals surface area contributed by atoms with Crippen molar-refractivity contribution < 1.29 is 23.0 Å². The van der Waals surface area contributed by atoms with E-state index in [0.29, 0.717) is 12.4 Å². The molecule has 0 radical (unpaired) electrons. The van der Waals surface area contributed by atoms with Gasteiger partial charge < -0.3 is 14.2 Å². The molecule has 0 N–H and O–H groups in total. The van der Waals surface area contributed by atoms with Gasteiger partial charge in [-0.1, -0.05) is 18.2 Å². The van der Waals surface area contributed by atoms with E-state index >= 15 is 0 Å². The van der Waals surface area contributed by atoms with Crippen LogP contribution in [0.4, 0.5) is 14.5 Å². The maximum atomic E-state index is 13.8. The summed E-state index contributed by atoms with van der Waals surface area (Å²) in [5.41, 5.74) is 0.280. The number of nitriles is 1. The summed E-state index contributed by atoms with van der Waals surface area (Å²) in [5, 5.41) is 9.11. The first kappa shape index (κ1) is 20.7. The molecular weight excluding hydrogens is 380 g/mol. The number of anilines is 1. The molecule has 0 aliphatic carbocycles. The van der Waals surface area contributed by atoms with Gasteiger partial charge in [-0.3, -0.25) is 4.90 Å². The van der Waals surface area contributed by atoms with E-state index in [1.54, 1.807) is 30.5 Å². The lowest BCUT2D eigenvalue weighted by Gasteiger charge is -2.27. The predicted octanol–water partition coefficient (Wildman–Crippen LogP) is 4.23. The molecular formula is C21H21F2N3O3. The number of benzene rings is 2. The van der Waals surface area contributed by atoms with E-state index in [1.807, 2.05) is 6.07 Å². The van der Waals surface area contributed by atoms with Crippen molar-refractivity contribution in [2.75, 3.05) is 24.7 Å². The molecule has 152 valence electrons. The number of rotatable bonds is 6. The first-order chi connectivity index (χ1) is 14.2. The summed E-state index contributed by atoms with van der Waals surface area (Å²) < 4.78 is 44.3. The fourth-order valence-electron chi connectivity index (χ4n) is 2.88. The van der Waals surface area contributed by atoms with Crippen LogP contribution in [0.1, 0.15) is 19.3 Å². The Kier molecular flexibility index (Phi) is 7.50. The van der Waals surface area contributed by atoms with Gasteiger partial charge in [0.15, 0.2) is 17.9 Å². The maximum Gasteiger partial charge on any atom is 0.313 e. The summed E-state index contributed by atoms with van der Waals surface area (Å²) >= 11 is 0. The van der Waals surface area contributed by atoms with Crippen LogP contribution in [0.2, 0.25) is 0 Å². The molecule has 0 bridgehead atoms. The zero-order chi connectivity index (χ0) is 20.5. The van der Waals surface area contributed by atoms with Crippen LogP contribution < -0.4 is 9.64 Å². The second-order valence-corrected chi connectivity index (χ2v) is 6.33. The van der Waals surface area contributed by atoms with E-state index in [2.05, 4.69) is 4.99 Å². The quantitative estimate of drug-likeness (QED) is 0.412. The molecule has 0 saturated carbocycles. The third-order valence-electron chi connectivity index (χ3n) is 4.30. The van der Waals surface area contributed by atoms with Gasteiger partial charge in [0.05, 0.1) is 13.2 Å². The molecule has 6 nitrogen and oxygen atoms in total. The van der Waals surface area contributed by atoms with E-state index in [1.165, 1.54) is 11.0 Å². The number of para-hydroxylation sites is 1. The first-order valence-electron chi connectivity index (χ1n) is 9.33. The summed E-state index contributed by atoms with van der Waals surface area (Å²) in [4.78, 5) is 5.20. The van der Waals surface area contributed by atoms with Crippen LogP contribution in [0.25, 0.3) is 0 Å². The van der Waals surface area contributed by atoms with Crippen molar-refractivity contribution in [1.82, 2.24) is 0 Å². The number of aliphatic imine (C=N–C) groups is 1. The van der Waals surface area contributed by atoms with Crippen LogP contribution in [0, 0.1) is 23.1 Å². The van der Waals surface area contributed by atoms with E-state index in [9.17, 15) is 8.78 Å². The second kappa shape index (κ2) is 10.5. The van der Waals surface area contributed by atoms with Crippen molar-refractivity contribution in [2.24, 2.45) is 4.99 Å². The van der Waals surface area contributed by atoms with Gasteiger partial charge in [0.1, 0.15) is 5.75 Å². The molecule has 1 aliphatic heterocycles. The van der Waals surface area contributed by atoms with Crippen LogP contribution >= 0.6 is 0 Å². The van der Waals surface area contributed by atoms with E-state index in [4.69, 9.17) is 19.5 Å². The highest BCUT2D eigenvalue weighted by molar-refractivity contribution is 5.93. The van der Waals surface area contributed by atoms with Crippen LogP contribution in [0.3, 0.4) is 0 Å². The van der Waals surface area contributed by atoms with Gasteiger partial charge in [-0.2, -0.15) is 5.26 Å². The highest BCUT2D eigenvalue weighted by Gasteiger charge is 2.20. The van der Waals surface area contributed by atoms with E-state index < -0.39 is 11.6 Å². The third-order valence-corrected chi connectivity index (χ3v) is 4.30. The number of amidine groups is 1. The Labute approximate surface area is 167 Å². The third kappa shape index (κ3) is 5.98. The minimum absolute atomic E-state index is 0.0714. The Bertz CT molecular complexity index is 865. The Balaban J connectivity index is 1.80. The van der Waals surface area contributed by atoms with Crippen molar-refractivity contribution >= 4 is 11.7 Å². The lowest BCUT2D eigenvalue weighted by Crippen LogP contribution is -2.38. The molecule has 2 aromatic rings. The van der Waals surface area contributed by atoms with Crippen LogP contribution in [0.15, 0.2) is 53.5 Å². The second-order valence-electron chi connectivity index (χ2n) is 6.33. The van der Waals surface area contributed by atoms with E-state index in [-0.39, 0.29) is 31.2 Å². The molecule has 2 aromatic carbocycles. The number of halogens is 2. The molecule has 0 spiro atoms. The van der Waals surface area contributed by atoms with Crippen LogP contribution in [-0.4, -0.2) is 32.1 Å². The monoisotopic (exact) mass is 401 g/mol. The Hall–Kier alpha value is -3.02. The minimum atomic E-state index is -1.01. The summed E-state index contributed by atoms with van der Waals surface area (Å²) in [5.74, 6) is -1.53. The lowest BCUT2D eigenvalue weighted by molar-refractivity contribution is -0.160. The number of ether oxygens (including phenoxy) is 3. The summed E-state index contributed by atoms with van der Waals surface area (Å²) in [6.07, 6.45) is 4.21. The Morgan fingerprint density at radius 3 is 2.69 bits per heavy atom. The highest BCUT2D eigenvalue weighted by Crippen LogP contribution is 2.21. The van der Waals surface area contributed by atoms with Gasteiger partial charge in [-0.15, -0.1) is 4.99 Å². The fraction of sp³-hybridized carbons (Fsp3) is 0.333. The molecule has 1 aliphatic rings. The van der Waals surface area contributed by atoms with E-state index in [0.717, 1.165) is 31.4 Å². The average Bonchev–Trinajstić information content (AvgIpc) is 2.75. The summed E-state index contributed by atoms with van der Waals surface area (Å²) in [7, 11) is 0. The average molecular weight is 401 g/mol. The highest BCUT2D eigenvalue weighted by atomic mass is 19.2. The van der Waals surface area contributed by atoms with Crippen LogP contribution in [-0.2, 0) is 9.47 Å². The van der Waals surface area contributed by atoms with Crippen molar-refractivity contribution in [3.63, 3.8) is 0 Å². The Morgan fingerprint density at radius 2 is 2.00 bits per heavy atom. The normalized spacial score (nSPS) is 16.9. The number of nitrogens with zero attached hydrogens (tertiary/aromatic N) is 3. The topological polar surface area (TPSA) is 67.1 Å². The smallest absolute Gasteiger partial charge is 0.313 e. The fourth-order valence-corrected chi connectivity index (χ4v) is 2.88. The van der Waals surface area contributed by atoms with Gasteiger partial charge in [-0.25, -0.2) is 8.78 Å². The maximum absolute atomic E-state index is 13.8. The molecule has 1 heterocycles. The zero-order valence-corrected chi connectivity index (χ0v) is 15.8. The van der Waals surface area contributed by atoms with Gasteiger partial charge in [0, 0.05) is 18.4 Å². The van der Waals surface area contributed by atoms with Crippen molar-refractivity contribution in [1.29, 1.82) is 5.26 Å². The largest absolute Gasteiger partial charge is 0.425 e. The Morgan fingerprint density at radius 1 is 1.17 bits per heavy atom. The van der Waals surface area contributed by atoms with Gasteiger partial charge in [0.2, 0.25) is 6.19 Å². The minimum Gasteiger partial charge on any atom is -0.425 e. The zero-order valence-electron chi connectivity index (χ0n) is 15.8. The predicted molar refractivity (Wildman–Crippen MR) is 103 cm³/mol. The lowest BCUT2D eigenvalue weighted by atomic mass is 10.2. The SMILES string of the molecule is N#CN=C(Oc1ccccc1)N(CCOC1CCCCO1)c1ccc(F)c(F)c1. The van der Waals surface area contributed by atoms with Crippen LogP contribution in [0.5, 0.6) is 5.75 Å². The molecule has 1 fully saturated rings.